The molecule has 2 rings (SSSR count). The van der Waals surface area contributed by atoms with Gasteiger partial charge in [0.1, 0.15) is 11.3 Å². The molecule has 90 valence electrons. The first-order chi connectivity index (χ1) is 8.27. The highest BCUT2D eigenvalue weighted by molar-refractivity contribution is 5.81. The zero-order valence-corrected chi connectivity index (χ0v) is 9.85. The van der Waals surface area contributed by atoms with Gasteiger partial charge in [-0.05, 0) is 31.4 Å². The molecule has 2 heterocycles. The van der Waals surface area contributed by atoms with Crippen LogP contribution in [-0.4, -0.2) is 5.84 Å². The van der Waals surface area contributed by atoms with E-state index in [2.05, 4.69) is 11.1 Å². The van der Waals surface area contributed by atoms with Gasteiger partial charge < -0.3 is 10.2 Å². The monoisotopic (exact) mass is 231 g/mol. The Balaban J connectivity index is 2.35. The summed E-state index contributed by atoms with van der Waals surface area (Å²) < 4.78 is 5.51. The highest BCUT2D eigenvalue weighted by Crippen LogP contribution is 2.38. The van der Waals surface area contributed by atoms with E-state index in [1.165, 1.54) is 0 Å². The van der Waals surface area contributed by atoms with E-state index < -0.39 is 5.54 Å². The topological polar surface area (TPSA) is 75.3 Å². The van der Waals surface area contributed by atoms with E-state index in [0.717, 1.165) is 31.4 Å². The van der Waals surface area contributed by atoms with Gasteiger partial charge in [0, 0.05) is 12.8 Å². The number of nitrogens with two attached hydrogens (primary N) is 1. The van der Waals surface area contributed by atoms with Crippen LogP contribution in [-0.2, 0) is 5.54 Å². The Kier molecular flexibility index (Phi) is 3.48. The van der Waals surface area contributed by atoms with Crippen LogP contribution in [0.3, 0.4) is 0 Å². The lowest BCUT2D eigenvalue weighted by molar-refractivity contribution is 0.304. The molecular weight excluding hydrogens is 214 g/mol. The molecule has 0 fully saturated rings. The third-order valence-electron chi connectivity index (χ3n) is 3.26. The van der Waals surface area contributed by atoms with Crippen molar-refractivity contribution in [2.24, 2.45) is 10.7 Å². The van der Waals surface area contributed by atoms with Crippen molar-refractivity contribution in [1.82, 2.24) is 0 Å². The van der Waals surface area contributed by atoms with Crippen molar-refractivity contribution < 1.29 is 4.42 Å². The number of aliphatic imine (C=N–C) groups is 1. The Morgan fingerprint density at radius 1 is 1.53 bits per heavy atom. The predicted octanol–water partition coefficient (Wildman–Crippen LogP) is 2.71. The lowest BCUT2D eigenvalue weighted by Crippen LogP contribution is -2.25. The third kappa shape index (κ3) is 2.50. The molecule has 1 aromatic rings. The average molecular weight is 231 g/mol. The van der Waals surface area contributed by atoms with Crippen LogP contribution < -0.4 is 5.73 Å². The molecule has 1 aliphatic rings. The van der Waals surface area contributed by atoms with Gasteiger partial charge >= 0.3 is 0 Å². The number of rotatable bonds is 3. The van der Waals surface area contributed by atoms with Crippen molar-refractivity contribution in [2.75, 3.05) is 0 Å². The fraction of sp³-hybridized carbons (Fsp3) is 0.538. The van der Waals surface area contributed by atoms with E-state index in [1.807, 2.05) is 12.1 Å². The van der Waals surface area contributed by atoms with E-state index in [0.29, 0.717) is 18.7 Å². The number of nitrogens with zero attached hydrogens (tertiary/aromatic N) is 2. The summed E-state index contributed by atoms with van der Waals surface area (Å²) in [6, 6.07) is 5.98. The van der Waals surface area contributed by atoms with Gasteiger partial charge in [-0.15, -0.1) is 0 Å². The summed E-state index contributed by atoms with van der Waals surface area (Å²) in [5, 5.41) is 8.78. The van der Waals surface area contributed by atoms with Gasteiger partial charge in [-0.2, -0.15) is 5.26 Å². The molecule has 0 spiro atoms. The molecule has 4 nitrogen and oxygen atoms in total. The van der Waals surface area contributed by atoms with Crippen molar-refractivity contribution in [2.45, 2.75) is 44.1 Å². The van der Waals surface area contributed by atoms with E-state index in [9.17, 15) is 0 Å². The average Bonchev–Trinajstić information content (AvgIpc) is 2.79. The lowest BCUT2D eigenvalue weighted by atomic mass is 9.86. The Morgan fingerprint density at radius 3 is 3.12 bits per heavy atom. The molecule has 0 bridgehead atoms. The summed E-state index contributed by atoms with van der Waals surface area (Å²) in [4.78, 5) is 4.64. The number of hydrogen-bond donors (Lipinski definition) is 1. The van der Waals surface area contributed by atoms with Crippen LogP contribution in [0.25, 0.3) is 0 Å². The number of amidine groups is 1. The Labute approximate surface area is 101 Å². The molecule has 17 heavy (non-hydrogen) atoms. The van der Waals surface area contributed by atoms with Gasteiger partial charge in [0.25, 0.3) is 0 Å². The van der Waals surface area contributed by atoms with E-state index in [-0.39, 0.29) is 0 Å². The highest BCUT2D eigenvalue weighted by atomic mass is 16.3. The maximum absolute atomic E-state index is 8.78. The Morgan fingerprint density at radius 2 is 2.41 bits per heavy atom. The summed E-state index contributed by atoms with van der Waals surface area (Å²) in [6.45, 7) is 0. The van der Waals surface area contributed by atoms with Crippen LogP contribution in [0.4, 0.5) is 0 Å². The van der Waals surface area contributed by atoms with Crippen molar-refractivity contribution in [3.63, 3.8) is 0 Å². The van der Waals surface area contributed by atoms with E-state index in [4.69, 9.17) is 15.4 Å². The minimum atomic E-state index is -0.417. The maximum Gasteiger partial charge on any atom is 0.131 e. The van der Waals surface area contributed by atoms with Gasteiger partial charge in [0.05, 0.1) is 18.2 Å². The molecule has 4 heteroatoms. The van der Waals surface area contributed by atoms with E-state index in [1.54, 1.807) is 6.26 Å². The SMILES string of the molecule is N#CCCC1(c2ccco2)CCCCC(N)=N1. The molecule has 0 aromatic carbocycles. The van der Waals surface area contributed by atoms with Crippen LogP contribution in [0.2, 0.25) is 0 Å². The van der Waals surface area contributed by atoms with Gasteiger partial charge in [0.15, 0.2) is 0 Å². The van der Waals surface area contributed by atoms with Gasteiger partial charge in [0.2, 0.25) is 0 Å². The second-order valence-electron chi connectivity index (χ2n) is 4.48. The summed E-state index contributed by atoms with van der Waals surface area (Å²) in [5.41, 5.74) is 5.50. The Bertz CT molecular complexity index is 430. The molecule has 0 aliphatic carbocycles. The van der Waals surface area contributed by atoms with Gasteiger partial charge in [-0.25, -0.2) is 0 Å². The third-order valence-corrected chi connectivity index (χ3v) is 3.26. The zero-order valence-electron chi connectivity index (χ0n) is 9.85. The van der Waals surface area contributed by atoms with E-state index >= 15 is 0 Å². The molecule has 0 saturated heterocycles. The molecule has 1 aromatic heterocycles. The van der Waals surface area contributed by atoms with Crippen LogP contribution in [0, 0.1) is 11.3 Å². The predicted molar refractivity (Wildman–Crippen MR) is 65.3 cm³/mol. The smallest absolute Gasteiger partial charge is 0.131 e. The van der Waals surface area contributed by atoms with Crippen molar-refractivity contribution in [3.05, 3.63) is 24.2 Å². The van der Waals surface area contributed by atoms with Crippen LogP contribution >= 0.6 is 0 Å². The fourth-order valence-electron chi connectivity index (χ4n) is 2.40. The molecule has 1 aliphatic heterocycles. The molecule has 0 amide bonds. The second-order valence-corrected chi connectivity index (χ2v) is 4.48. The summed E-state index contributed by atoms with van der Waals surface area (Å²) in [6.07, 6.45) is 6.67. The molecular formula is C13H17N3O. The quantitative estimate of drug-likeness (QED) is 0.869. The number of furan rings is 1. The standard InChI is InChI=1S/C13H17N3O/c14-9-4-8-13(11-5-3-10-17-11)7-2-1-6-12(15)16-13/h3,5,10H,1-2,4,6-8H2,(H2,15,16). The zero-order chi connectivity index (χ0) is 12.1. The largest absolute Gasteiger partial charge is 0.467 e. The highest BCUT2D eigenvalue weighted by Gasteiger charge is 2.35. The molecule has 1 atom stereocenters. The Hall–Kier alpha value is -1.76. The molecule has 0 saturated carbocycles. The first-order valence-corrected chi connectivity index (χ1v) is 6.02. The fourth-order valence-corrected chi connectivity index (χ4v) is 2.40. The minimum absolute atomic E-state index is 0.417. The first-order valence-electron chi connectivity index (χ1n) is 6.02. The normalized spacial score (nSPS) is 24.8. The lowest BCUT2D eigenvalue weighted by Gasteiger charge is -2.26. The minimum Gasteiger partial charge on any atom is -0.467 e. The first kappa shape index (κ1) is 11.7. The summed E-state index contributed by atoms with van der Waals surface area (Å²) in [7, 11) is 0. The summed E-state index contributed by atoms with van der Waals surface area (Å²) in [5.74, 6) is 1.51. The van der Waals surface area contributed by atoms with Crippen LogP contribution in [0.15, 0.2) is 27.8 Å². The van der Waals surface area contributed by atoms with Crippen molar-refractivity contribution in [3.8, 4) is 6.07 Å². The van der Waals surface area contributed by atoms with Crippen molar-refractivity contribution >= 4 is 5.84 Å². The van der Waals surface area contributed by atoms with Gasteiger partial charge in [-0.3, -0.25) is 4.99 Å². The van der Waals surface area contributed by atoms with Crippen molar-refractivity contribution in [1.29, 1.82) is 5.26 Å². The van der Waals surface area contributed by atoms with Crippen LogP contribution in [0.5, 0.6) is 0 Å². The molecule has 1 unspecified atom stereocenters. The second kappa shape index (κ2) is 5.05. The summed E-state index contributed by atoms with van der Waals surface area (Å²) >= 11 is 0. The molecule has 0 radical (unpaired) electrons. The number of nitriles is 1. The van der Waals surface area contributed by atoms with Crippen LogP contribution in [0.1, 0.15) is 44.3 Å². The molecule has 2 N–H and O–H groups in total. The van der Waals surface area contributed by atoms with Gasteiger partial charge in [-0.1, -0.05) is 6.42 Å². The maximum atomic E-state index is 8.78. The number of hydrogen-bond acceptors (Lipinski definition) is 4.